The SMILES string of the molecule is O=C(/C=C/c1ccccc1Cl)Nc1cccc(-c2csc(-c3ccccc3)n2)c1. The third-order valence-electron chi connectivity index (χ3n) is 4.27. The normalized spacial score (nSPS) is 10.9. The van der Waals surface area contributed by atoms with E-state index in [1.54, 1.807) is 23.5 Å². The number of aromatic nitrogens is 1. The quantitative estimate of drug-likeness (QED) is 0.364. The molecule has 0 fully saturated rings. The topological polar surface area (TPSA) is 42.0 Å². The van der Waals surface area contributed by atoms with Crippen LogP contribution in [0, 0.1) is 0 Å². The highest BCUT2D eigenvalue weighted by Crippen LogP contribution is 2.29. The predicted molar refractivity (Wildman–Crippen MR) is 122 cm³/mol. The number of rotatable bonds is 5. The Hall–Kier alpha value is -3.21. The number of benzene rings is 3. The minimum absolute atomic E-state index is 0.217. The van der Waals surface area contributed by atoms with Gasteiger partial charge in [0.25, 0.3) is 0 Å². The summed E-state index contributed by atoms with van der Waals surface area (Å²) in [5, 5.41) is 6.49. The molecule has 0 aliphatic carbocycles. The fourth-order valence-electron chi connectivity index (χ4n) is 2.84. The molecule has 0 saturated heterocycles. The molecule has 0 unspecified atom stereocenters. The van der Waals surface area contributed by atoms with Crippen molar-refractivity contribution in [3.63, 3.8) is 0 Å². The fourth-order valence-corrected chi connectivity index (χ4v) is 3.87. The van der Waals surface area contributed by atoms with Crippen LogP contribution in [0.5, 0.6) is 0 Å². The van der Waals surface area contributed by atoms with E-state index in [0.29, 0.717) is 10.7 Å². The van der Waals surface area contributed by atoms with Crippen LogP contribution in [0.15, 0.2) is 90.3 Å². The molecule has 0 saturated carbocycles. The summed E-state index contributed by atoms with van der Waals surface area (Å²) in [4.78, 5) is 17.0. The van der Waals surface area contributed by atoms with E-state index >= 15 is 0 Å². The van der Waals surface area contributed by atoms with Gasteiger partial charge < -0.3 is 5.32 Å². The van der Waals surface area contributed by atoms with Crippen LogP contribution in [0.1, 0.15) is 5.56 Å². The molecule has 0 aliphatic heterocycles. The van der Waals surface area contributed by atoms with Crippen molar-refractivity contribution in [3.8, 4) is 21.8 Å². The molecule has 0 aliphatic rings. The van der Waals surface area contributed by atoms with E-state index in [1.165, 1.54) is 6.08 Å². The highest BCUT2D eigenvalue weighted by Gasteiger charge is 2.08. The lowest BCUT2D eigenvalue weighted by Crippen LogP contribution is -2.07. The molecule has 1 amide bonds. The van der Waals surface area contributed by atoms with Gasteiger partial charge in [0.1, 0.15) is 5.01 Å². The van der Waals surface area contributed by atoms with E-state index in [4.69, 9.17) is 16.6 Å². The Morgan fingerprint density at radius 3 is 2.52 bits per heavy atom. The van der Waals surface area contributed by atoms with Gasteiger partial charge in [-0.3, -0.25) is 4.79 Å². The van der Waals surface area contributed by atoms with Crippen molar-refractivity contribution in [3.05, 3.63) is 101 Å². The van der Waals surface area contributed by atoms with Crippen molar-refractivity contribution in [2.45, 2.75) is 0 Å². The van der Waals surface area contributed by atoms with Gasteiger partial charge in [0.15, 0.2) is 0 Å². The molecule has 1 heterocycles. The molecule has 0 spiro atoms. The molecule has 0 bridgehead atoms. The molecule has 0 atom stereocenters. The minimum Gasteiger partial charge on any atom is -0.322 e. The predicted octanol–water partition coefficient (Wildman–Crippen LogP) is 6.78. The first-order valence-corrected chi connectivity index (χ1v) is 10.3. The van der Waals surface area contributed by atoms with Crippen LogP contribution >= 0.6 is 22.9 Å². The van der Waals surface area contributed by atoms with Gasteiger partial charge in [0.2, 0.25) is 5.91 Å². The summed E-state index contributed by atoms with van der Waals surface area (Å²) in [5.74, 6) is -0.217. The molecule has 5 heteroatoms. The standard InChI is InChI=1S/C24H17ClN2OS/c25-21-12-5-4-7-17(21)13-14-23(28)26-20-11-6-10-19(15-20)22-16-29-24(27-22)18-8-2-1-3-9-18/h1-16H,(H,26,28)/b14-13+. The van der Waals surface area contributed by atoms with E-state index in [9.17, 15) is 4.79 Å². The van der Waals surface area contributed by atoms with E-state index in [0.717, 1.165) is 27.4 Å². The third kappa shape index (κ3) is 4.80. The Labute approximate surface area is 178 Å². The number of anilines is 1. The number of thiazole rings is 1. The van der Waals surface area contributed by atoms with Crippen molar-refractivity contribution in [2.75, 3.05) is 5.32 Å². The van der Waals surface area contributed by atoms with Gasteiger partial charge in [-0.25, -0.2) is 4.98 Å². The average Bonchev–Trinajstić information content (AvgIpc) is 3.24. The third-order valence-corrected chi connectivity index (χ3v) is 5.51. The lowest BCUT2D eigenvalue weighted by Gasteiger charge is -2.04. The molecular weight excluding hydrogens is 400 g/mol. The largest absolute Gasteiger partial charge is 0.322 e. The van der Waals surface area contributed by atoms with E-state index < -0.39 is 0 Å². The van der Waals surface area contributed by atoms with Crippen molar-refractivity contribution >= 4 is 40.6 Å². The number of hydrogen-bond donors (Lipinski definition) is 1. The fraction of sp³-hybridized carbons (Fsp3) is 0. The number of halogens is 1. The molecule has 142 valence electrons. The number of amides is 1. The smallest absolute Gasteiger partial charge is 0.248 e. The zero-order valence-electron chi connectivity index (χ0n) is 15.4. The van der Waals surface area contributed by atoms with Gasteiger partial charge in [0.05, 0.1) is 5.69 Å². The van der Waals surface area contributed by atoms with Crippen molar-refractivity contribution in [2.24, 2.45) is 0 Å². The van der Waals surface area contributed by atoms with Gasteiger partial charge in [-0.2, -0.15) is 0 Å². The highest BCUT2D eigenvalue weighted by molar-refractivity contribution is 7.13. The summed E-state index contributed by atoms with van der Waals surface area (Å²) in [6.07, 6.45) is 3.18. The Kier molecular flexibility index (Phi) is 5.84. The highest BCUT2D eigenvalue weighted by atomic mass is 35.5. The summed E-state index contributed by atoms with van der Waals surface area (Å²) in [6.45, 7) is 0. The molecule has 3 nitrogen and oxygen atoms in total. The summed E-state index contributed by atoms with van der Waals surface area (Å²) in [7, 11) is 0. The summed E-state index contributed by atoms with van der Waals surface area (Å²) < 4.78 is 0. The summed E-state index contributed by atoms with van der Waals surface area (Å²) in [5.41, 5.74) is 4.45. The summed E-state index contributed by atoms with van der Waals surface area (Å²) in [6, 6.07) is 25.1. The van der Waals surface area contributed by atoms with E-state index in [2.05, 4.69) is 5.32 Å². The molecular formula is C24H17ClN2OS. The first-order valence-electron chi connectivity index (χ1n) is 9.04. The zero-order chi connectivity index (χ0) is 20.1. The Morgan fingerprint density at radius 1 is 0.931 bits per heavy atom. The Morgan fingerprint density at radius 2 is 1.69 bits per heavy atom. The van der Waals surface area contributed by atoms with Crippen LogP contribution in [-0.2, 0) is 4.79 Å². The number of nitrogens with zero attached hydrogens (tertiary/aromatic N) is 1. The molecule has 1 aromatic heterocycles. The van der Waals surface area contributed by atoms with Crippen LogP contribution < -0.4 is 5.32 Å². The van der Waals surface area contributed by atoms with Crippen molar-refractivity contribution < 1.29 is 4.79 Å². The maximum atomic E-state index is 12.3. The van der Waals surface area contributed by atoms with Gasteiger partial charge in [-0.15, -0.1) is 11.3 Å². The van der Waals surface area contributed by atoms with Crippen molar-refractivity contribution in [1.82, 2.24) is 4.98 Å². The number of carbonyl (C=O) groups excluding carboxylic acids is 1. The Balaban J connectivity index is 1.49. The summed E-state index contributed by atoms with van der Waals surface area (Å²) >= 11 is 7.72. The van der Waals surface area contributed by atoms with Gasteiger partial charge in [-0.1, -0.05) is 72.3 Å². The molecule has 3 aromatic carbocycles. The monoisotopic (exact) mass is 416 g/mol. The van der Waals surface area contributed by atoms with Crippen LogP contribution in [0.3, 0.4) is 0 Å². The van der Waals surface area contributed by atoms with Crippen LogP contribution in [0.2, 0.25) is 5.02 Å². The first kappa shape index (κ1) is 19.1. The van der Waals surface area contributed by atoms with Crippen LogP contribution in [-0.4, -0.2) is 10.9 Å². The van der Waals surface area contributed by atoms with Gasteiger partial charge in [0, 0.05) is 33.3 Å². The molecule has 4 rings (SSSR count). The minimum atomic E-state index is -0.217. The zero-order valence-corrected chi connectivity index (χ0v) is 17.0. The second-order valence-corrected chi connectivity index (χ2v) is 7.59. The second kappa shape index (κ2) is 8.86. The van der Waals surface area contributed by atoms with Crippen LogP contribution in [0.25, 0.3) is 27.9 Å². The second-order valence-electron chi connectivity index (χ2n) is 6.33. The average molecular weight is 417 g/mol. The number of carbonyl (C=O) groups is 1. The maximum absolute atomic E-state index is 12.3. The van der Waals surface area contributed by atoms with Crippen LogP contribution in [0.4, 0.5) is 5.69 Å². The number of hydrogen-bond acceptors (Lipinski definition) is 3. The van der Waals surface area contributed by atoms with E-state index in [1.807, 2.05) is 78.2 Å². The molecule has 29 heavy (non-hydrogen) atoms. The van der Waals surface area contributed by atoms with Gasteiger partial charge >= 0.3 is 0 Å². The molecule has 4 aromatic rings. The maximum Gasteiger partial charge on any atom is 0.248 e. The van der Waals surface area contributed by atoms with E-state index in [-0.39, 0.29) is 5.91 Å². The number of nitrogens with one attached hydrogen (secondary N) is 1. The lowest BCUT2D eigenvalue weighted by atomic mass is 10.1. The lowest BCUT2D eigenvalue weighted by molar-refractivity contribution is -0.111. The van der Waals surface area contributed by atoms with Crippen molar-refractivity contribution in [1.29, 1.82) is 0 Å². The first-order chi connectivity index (χ1) is 14.2. The molecule has 1 N–H and O–H groups in total. The molecule has 0 radical (unpaired) electrons. The van der Waals surface area contributed by atoms with Gasteiger partial charge in [-0.05, 0) is 29.8 Å². The Bertz CT molecular complexity index is 1170.